The molecule has 1 saturated carbocycles. The summed E-state index contributed by atoms with van der Waals surface area (Å²) in [6.45, 7) is -0.687. The van der Waals surface area contributed by atoms with E-state index in [9.17, 15) is 18.3 Å². The molecular formula is C19H20ClNO5S. The van der Waals surface area contributed by atoms with Crippen molar-refractivity contribution in [1.29, 1.82) is 0 Å². The Morgan fingerprint density at radius 2 is 1.67 bits per heavy atom. The Bertz CT molecular complexity index is 891. The molecule has 2 aromatic rings. The van der Waals surface area contributed by atoms with Crippen molar-refractivity contribution in [3.63, 3.8) is 0 Å². The van der Waals surface area contributed by atoms with Crippen LogP contribution in [0.3, 0.4) is 0 Å². The number of sulfonamides is 1. The molecule has 0 aliphatic heterocycles. The van der Waals surface area contributed by atoms with Gasteiger partial charge in [-0.1, -0.05) is 11.6 Å². The minimum atomic E-state index is -4.05. The molecule has 0 radical (unpaired) electrons. The molecule has 0 spiro atoms. The second-order valence-corrected chi connectivity index (χ2v) is 8.68. The lowest BCUT2D eigenvalue weighted by Crippen LogP contribution is -2.35. The zero-order chi connectivity index (χ0) is 19.4. The average Bonchev–Trinajstić information content (AvgIpc) is 3.14. The summed E-state index contributed by atoms with van der Waals surface area (Å²) in [5.74, 6) is -0.608. The highest BCUT2D eigenvalue weighted by Gasteiger charge is 2.27. The summed E-state index contributed by atoms with van der Waals surface area (Å²) in [5.41, 5.74) is 0.256. The summed E-state index contributed by atoms with van der Waals surface area (Å²) in [7, 11) is -4.05. The van der Waals surface area contributed by atoms with Gasteiger partial charge in [0, 0.05) is 5.02 Å². The summed E-state index contributed by atoms with van der Waals surface area (Å²) in [5, 5.41) is 9.59. The van der Waals surface area contributed by atoms with Crippen LogP contribution in [0.4, 0.5) is 5.69 Å². The topological polar surface area (TPSA) is 83.9 Å². The smallest absolute Gasteiger partial charge is 0.324 e. The molecule has 0 aromatic heterocycles. The molecule has 0 bridgehead atoms. The number of halogens is 1. The molecule has 144 valence electrons. The lowest BCUT2D eigenvalue weighted by Gasteiger charge is -2.23. The van der Waals surface area contributed by atoms with Gasteiger partial charge in [0.05, 0.1) is 16.7 Å². The Labute approximate surface area is 163 Å². The lowest BCUT2D eigenvalue weighted by molar-refractivity contribution is -0.135. The van der Waals surface area contributed by atoms with Gasteiger partial charge < -0.3 is 9.84 Å². The number of ether oxygens (including phenoxy) is 1. The van der Waals surface area contributed by atoms with Crippen molar-refractivity contribution >= 4 is 33.3 Å². The van der Waals surface area contributed by atoms with Crippen molar-refractivity contribution in [2.24, 2.45) is 0 Å². The van der Waals surface area contributed by atoms with Crippen molar-refractivity contribution in [2.75, 3.05) is 10.8 Å². The molecule has 0 unspecified atom stereocenters. The van der Waals surface area contributed by atoms with E-state index in [1.54, 1.807) is 24.3 Å². The molecule has 1 aliphatic rings. The summed E-state index contributed by atoms with van der Waals surface area (Å²) in [6.07, 6.45) is 4.50. The predicted octanol–water partition coefficient (Wildman–Crippen LogP) is 3.94. The van der Waals surface area contributed by atoms with Crippen molar-refractivity contribution in [1.82, 2.24) is 0 Å². The third-order valence-electron chi connectivity index (χ3n) is 4.41. The molecule has 2 aromatic carbocycles. The largest absolute Gasteiger partial charge is 0.490 e. The fourth-order valence-corrected chi connectivity index (χ4v) is 4.60. The van der Waals surface area contributed by atoms with Gasteiger partial charge in [0.2, 0.25) is 0 Å². The van der Waals surface area contributed by atoms with Crippen molar-refractivity contribution in [2.45, 2.75) is 36.7 Å². The van der Waals surface area contributed by atoms with E-state index in [2.05, 4.69) is 0 Å². The minimum Gasteiger partial charge on any atom is -0.490 e. The van der Waals surface area contributed by atoms with Gasteiger partial charge in [0.1, 0.15) is 12.3 Å². The number of hydrogen-bond donors (Lipinski definition) is 1. The highest BCUT2D eigenvalue weighted by atomic mass is 35.5. The monoisotopic (exact) mass is 409 g/mol. The maximum Gasteiger partial charge on any atom is 0.324 e. The van der Waals surface area contributed by atoms with Crippen LogP contribution in [-0.4, -0.2) is 32.1 Å². The van der Waals surface area contributed by atoms with Crippen LogP contribution in [0.2, 0.25) is 5.02 Å². The maximum absolute atomic E-state index is 12.9. The van der Waals surface area contributed by atoms with Gasteiger partial charge in [-0.3, -0.25) is 9.10 Å². The molecule has 0 heterocycles. The molecule has 0 saturated heterocycles. The van der Waals surface area contributed by atoms with Crippen molar-refractivity contribution in [3.8, 4) is 5.75 Å². The Balaban J connectivity index is 1.87. The Morgan fingerprint density at radius 1 is 1.07 bits per heavy atom. The van der Waals surface area contributed by atoms with E-state index in [-0.39, 0.29) is 16.7 Å². The lowest BCUT2D eigenvalue weighted by atomic mass is 10.2. The second-order valence-electron chi connectivity index (χ2n) is 6.38. The molecule has 8 heteroatoms. The van der Waals surface area contributed by atoms with E-state index < -0.39 is 22.5 Å². The summed E-state index contributed by atoms with van der Waals surface area (Å²) in [6, 6.07) is 12.0. The van der Waals surface area contributed by atoms with E-state index in [1.807, 2.05) is 0 Å². The van der Waals surface area contributed by atoms with Crippen LogP contribution in [0.15, 0.2) is 53.4 Å². The maximum atomic E-state index is 12.9. The number of benzene rings is 2. The van der Waals surface area contributed by atoms with E-state index in [1.165, 1.54) is 24.3 Å². The van der Waals surface area contributed by atoms with E-state index in [4.69, 9.17) is 16.3 Å². The predicted molar refractivity (Wildman–Crippen MR) is 103 cm³/mol. The molecule has 27 heavy (non-hydrogen) atoms. The molecule has 0 amide bonds. The van der Waals surface area contributed by atoms with E-state index in [0.29, 0.717) is 10.8 Å². The van der Waals surface area contributed by atoms with Gasteiger partial charge in [-0.15, -0.1) is 0 Å². The highest BCUT2D eigenvalue weighted by molar-refractivity contribution is 7.92. The number of carboxylic acid groups (broad SMARTS) is 1. The first-order chi connectivity index (χ1) is 12.9. The van der Waals surface area contributed by atoms with Crippen LogP contribution in [0.1, 0.15) is 25.7 Å². The zero-order valence-corrected chi connectivity index (χ0v) is 16.1. The Morgan fingerprint density at radius 3 is 2.22 bits per heavy atom. The van der Waals surface area contributed by atoms with Crippen molar-refractivity contribution < 1.29 is 23.1 Å². The normalized spacial score (nSPS) is 14.9. The first kappa shape index (κ1) is 19.5. The number of rotatable bonds is 7. The van der Waals surface area contributed by atoms with Crippen LogP contribution in [-0.2, 0) is 14.8 Å². The Hall–Kier alpha value is -2.25. The van der Waals surface area contributed by atoms with Crippen LogP contribution >= 0.6 is 11.6 Å². The third kappa shape index (κ3) is 4.73. The fourth-order valence-electron chi connectivity index (χ4n) is 3.06. The van der Waals surface area contributed by atoms with Crippen LogP contribution < -0.4 is 9.04 Å². The molecule has 6 nitrogen and oxygen atoms in total. The van der Waals surface area contributed by atoms with Gasteiger partial charge in [-0.05, 0) is 74.2 Å². The number of hydrogen-bond acceptors (Lipinski definition) is 4. The van der Waals surface area contributed by atoms with E-state index >= 15 is 0 Å². The van der Waals surface area contributed by atoms with E-state index in [0.717, 1.165) is 30.0 Å². The number of nitrogens with zero attached hydrogens (tertiary/aromatic N) is 1. The SMILES string of the molecule is O=C(O)CN(c1ccc(OC2CCCC2)cc1)S(=O)(=O)c1ccc(Cl)cc1. The summed E-state index contributed by atoms with van der Waals surface area (Å²) < 4.78 is 32.6. The van der Waals surface area contributed by atoms with Crippen LogP contribution in [0.5, 0.6) is 5.75 Å². The molecule has 0 atom stereocenters. The quantitative estimate of drug-likeness (QED) is 0.748. The molecule has 1 aliphatic carbocycles. The fraction of sp³-hybridized carbons (Fsp3) is 0.316. The number of aliphatic carboxylic acids is 1. The standard InChI is InChI=1S/C19H20ClNO5S/c20-14-5-11-18(12-6-14)27(24,25)21(13-19(22)23)15-7-9-17(10-8-15)26-16-3-1-2-4-16/h5-12,16H,1-4,13H2,(H,22,23). The van der Waals surface area contributed by atoms with Gasteiger partial charge in [-0.25, -0.2) is 8.42 Å². The average molecular weight is 410 g/mol. The summed E-state index contributed by atoms with van der Waals surface area (Å²) in [4.78, 5) is 11.2. The highest BCUT2D eigenvalue weighted by Crippen LogP contribution is 2.28. The first-order valence-corrected chi connectivity index (χ1v) is 10.4. The van der Waals surface area contributed by atoms with Gasteiger partial charge in [-0.2, -0.15) is 0 Å². The Kier molecular flexibility index (Phi) is 5.92. The van der Waals surface area contributed by atoms with Gasteiger partial charge >= 0.3 is 5.97 Å². The molecular weight excluding hydrogens is 390 g/mol. The summed E-state index contributed by atoms with van der Waals surface area (Å²) >= 11 is 5.81. The third-order valence-corrected chi connectivity index (χ3v) is 6.45. The first-order valence-electron chi connectivity index (χ1n) is 8.63. The number of anilines is 1. The van der Waals surface area contributed by atoms with Crippen LogP contribution in [0, 0.1) is 0 Å². The number of carboxylic acids is 1. The second kappa shape index (κ2) is 8.19. The van der Waals surface area contributed by atoms with Crippen molar-refractivity contribution in [3.05, 3.63) is 53.6 Å². The van der Waals surface area contributed by atoms with Gasteiger partial charge in [0.25, 0.3) is 10.0 Å². The molecule has 3 rings (SSSR count). The minimum absolute atomic E-state index is 0.0283. The number of carbonyl (C=O) groups is 1. The van der Waals surface area contributed by atoms with Crippen LogP contribution in [0.25, 0.3) is 0 Å². The zero-order valence-electron chi connectivity index (χ0n) is 14.5. The molecule has 1 fully saturated rings. The molecule has 1 N–H and O–H groups in total. The van der Waals surface area contributed by atoms with Gasteiger partial charge in [0.15, 0.2) is 0 Å².